The van der Waals surface area contributed by atoms with Crippen LogP contribution in [0.15, 0.2) is 36.5 Å². The number of pyridine rings is 1. The normalized spacial score (nSPS) is 12.2. The van der Waals surface area contributed by atoms with Gasteiger partial charge in [0.05, 0.1) is 5.02 Å². The Balaban J connectivity index is 2.29. The van der Waals surface area contributed by atoms with E-state index >= 15 is 0 Å². The summed E-state index contributed by atoms with van der Waals surface area (Å²) in [5, 5.41) is 4.37. The first-order valence-corrected chi connectivity index (χ1v) is 7.18. The predicted molar refractivity (Wildman–Crippen MR) is 82.9 cm³/mol. The summed E-state index contributed by atoms with van der Waals surface area (Å²) >= 11 is 12.0. The molecule has 2 aromatic rings. The van der Waals surface area contributed by atoms with Crippen LogP contribution >= 0.6 is 23.2 Å². The Morgan fingerprint density at radius 2 is 2.10 bits per heavy atom. The van der Waals surface area contributed by atoms with E-state index in [1.54, 1.807) is 24.4 Å². The highest BCUT2D eigenvalue weighted by atomic mass is 35.5. The number of halogens is 2. The molecule has 0 aliphatic carbocycles. The van der Waals surface area contributed by atoms with E-state index in [0.717, 1.165) is 12.1 Å². The summed E-state index contributed by atoms with van der Waals surface area (Å²) in [7, 11) is 0. The standard InChI is InChI=1S/C15H16Cl2N2O/c1-3-18-10(2)12-5-4-8-19-15(12)20-14-7-6-11(16)9-13(14)17/h4-10,18H,3H2,1-2H3. The molecular weight excluding hydrogens is 295 g/mol. The van der Waals surface area contributed by atoms with Crippen molar-refractivity contribution in [3.63, 3.8) is 0 Å². The van der Waals surface area contributed by atoms with Gasteiger partial charge >= 0.3 is 0 Å². The van der Waals surface area contributed by atoms with Gasteiger partial charge in [0.15, 0.2) is 0 Å². The van der Waals surface area contributed by atoms with Gasteiger partial charge in [-0.1, -0.05) is 36.2 Å². The van der Waals surface area contributed by atoms with Gasteiger partial charge < -0.3 is 10.1 Å². The number of hydrogen-bond donors (Lipinski definition) is 1. The van der Waals surface area contributed by atoms with Gasteiger partial charge in [0, 0.05) is 22.8 Å². The highest BCUT2D eigenvalue weighted by Crippen LogP contribution is 2.33. The van der Waals surface area contributed by atoms with Crippen molar-refractivity contribution in [2.24, 2.45) is 0 Å². The Morgan fingerprint density at radius 1 is 1.30 bits per heavy atom. The smallest absolute Gasteiger partial charge is 0.224 e. The Bertz CT molecular complexity index is 590. The lowest BCUT2D eigenvalue weighted by atomic mass is 10.1. The maximum atomic E-state index is 6.12. The van der Waals surface area contributed by atoms with Crippen LogP contribution in [0.25, 0.3) is 0 Å². The van der Waals surface area contributed by atoms with Crippen molar-refractivity contribution in [1.29, 1.82) is 0 Å². The second kappa shape index (κ2) is 6.93. The van der Waals surface area contributed by atoms with Crippen molar-refractivity contribution in [3.8, 4) is 11.6 Å². The first-order valence-electron chi connectivity index (χ1n) is 6.43. The minimum Gasteiger partial charge on any atom is -0.437 e. The zero-order valence-electron chi connectivity index (χ0n) is 11.4. The molecule has 1 heterocycles. The van der Waals surface area contributed by atoms with Crippen LogP contribution < -0.4 is 10.1 Å². The third kappa shape index (κ3) is 3.63. The molecule has 1 atom stereocenters. The van der Waals surface area contributed by atoms with Gasteiger partial charge in [-0.3, -0.25) is 0 Å². The molecule has 1 aromatic carbocycles. The fourth-order valence-electron chi connectivity index (χ4n) is 1.90. The molecule has 0 radical (unpaired) electrons. The van der Waals surface area contributed by atoms with Crippen molar-refractivity contribution in [2.75, 3.05) is 6.54 Å². The van der Waals surface area contributed by atoms with E-state index < -0.39 is 0 Å². The van der Waals surface area contributed by atoms with Gasteiger partial charge in [-0.15, -0.1) is 0 Å². The molecule has 1 aromatic heterocycles. The number of hydrogen-bond acceptors (Lipinski definition) is 3. The van der Waals surface area contributed by atoms with Crippen LogP contribution in [0.4, 0.5) is 0 Å². The molecule has 0 aliphatic rings. The molecule has 0 bridgehead atoms. The number of nitrogens with zero attached hydrogens (tertiary/aromatic N) is 1. The largest absolute Gasteiger partial charge is 0.437 e. The van der Waals surface area contributed by atoms with Gasteiger partial charge in [-0.05, 0) is 37.7 Å². The lowest BCUT2D eigenvalue weighted by Crippen LogP contribution is -2.18. The SMILES string of the molecule is CCNC(C)c1cccnc1Oc1ccc(Cl)cc1Cl. The van der Waals surface area contributed by atoms with Gasteiger partial charge in [0.1, 0.15) is 5.75 Å². The van der Waals surface area contributed by atoms with Crippen LogP contribution in [0.2, 0.25) is 10.0 Å². The van der Waals surface area contributed by atoms with Crippen LogP contribution in [-0.4, -0.2) is 11.5 Å². The molecule has 1 unspecified atom stereocenters. The molecule has 0 fully saturated rings. The van der Waals surface area contributed by atoms with Gasteiger partial charge in [0.2, 0.25) is 5.88 Å². The van der Waals surface area contributed by atoms with Gasteiger partial charge in [-0.2, -0.15) is 0 Å². The van der Waals surface area contributed by atoms with Crippen LogP contribution in [-0.2, 0) is 0 Å². The Labute approximate surface area is 128 Å². The number of ether oxygens (including phenoxy) is 1. The predicted octanol–water partition coefficient (Wildman–Crippen LogP) is 4.85. The molecule has 0 spiro atoms. The van der Waals surface area contributed by atoms with Crippen molar-refractivity contribution < 1.29 is 4.74 Å². The maximum absolute atomic E-state index is 6.12. The van der Waals surface area contributed by atoms with Crippen LogP contribution in [0.5, 0.6) is 11.6 Å². The summed E-state index contributed by atoms with van der Waals surface area (Å²) in [5.41, 5.74) is 0.986. The molecule has 1 N–H and O–H groups in total. The molecule has 0 saturated heterocycles. The number of rotatable bonds is 5. The van der Waals surface area contributed by atoms with E-state index in [4.69, 9.17) is 27.9 Å². The minimum absolute atomic E-state index is 0.148. The molecule has 5 heteroatoms. The van der Waals surface area contributed by atoms with Crippen molar-refractivity contribution >= 4 is 23.2 Å². The van der Waals surface area contributed by atoms with E-state index in [-0.39, 0.29) is 6.04 Å². The third-order valence-electron chi connectivity index (χ3n) is 2.88. The fourth-order valence-corrected chi connectivity index (χ4v) is 2.34. The lowest BCUT2D eigenvalue weighted by Gasteiger charge is -2.16. The average molecular weight is 311 g/mol. The van der Waals surface area contributed by atoms with E-state index in [1.165, 1.54) is 0 Å². The summed E-state index contributed by atoms with van der Waals surface area (Å²) in [6, 6.07) is 9.14. The molecular formula is C15H16Cl2N2O. The zero-order chi connectivity index (χ0) is 14.5. The lowest BCUT2D eigenvalue weighted by molar-refractivity contribution is 0.444. The van der Waals surface area contributed by atoms with E-state index in [9.17, 15) is 0 Å². The Kier molecular flexibility index (Phi) is 5.24. The highest BCUT2D eigenvalue weighted by molar-refractivity contribution is 6.35. The van der Waals surface area contributed by atoms with Crippen LogP contribution in [0.1, 0.15) is 25.5 Å². The third-order valence-corrected chi connectivity index (χ3v) is 3.41. The quantitative estimate of drug-likeness (QED) is 0.857. The summed E-state index contributed by atoms with van der Waals surface area (Å²) in [5.74, 6) is 1.09. The van der Waals surface area contributed by atoms with Crippen LogP contribution in [0.3, 0.4) is 0 Å². The summed E-state index contributed by atoms with van der Waals surface area (Å²) in [6.45, 7) is 5.00. The van der Waals surface area contributed by atoms with Crippen molar-refractivity contribution in [3.05, 3.63) is 52.1 Å². The van der Waals surface area contributed by atoms with E-state index in [1.807, 2.05) is 12.1 Å². The minimum atomic E-state index is 0.148. The monoisotopic (exact) mass is 310 g/mol. The molecule has 2 rings (SSSR count). The number of nitrogens with one attached hydrogen (secondary N) is 1. The number of benzene rings is 1. The first kappa shape index (κ1) is 15.1. The summed E-state index contributed by atoms with van der Waals surface area (Å²) in [4.78, 5) is 4.29. The topological polar surface area (TPSA) is 34.2 Å². The van der Waals surface area contributed by atoms with E-state index in [2.05, 4.69) is 24.1 Å². The second-order valence-corrected chi connectivity index (χ2v) is 5.20. The number of aromatic nitrogens is 1. The molecule has 0 saturated carbocycles. The van der Waals surface area contributed by atoms with Gasteiger partial charge in [0.25, 0.3) is 0 Å². The maximum Gasteiger partial charge on any atom is 0.224 e. The Morgan fingerprint density at radius 3 is 2.80 bits per heavy atom. The van der Waals surface area contributed by atoms with Crippen molar-refractivity contribution in [2.45, 2.75) is 19.9 Å². The molecule has 20 heavy (non-hydrogen) atoms. The molecule has 0 aliphatic heterocycles. The molecule has 106 valence electrons. The Hall–Kier alpha value is -1.29. The van der Waals surface area contributed by atoms with E-state index in [0.29, 0.717) is 21.7 Å². The highest BCUT2D eigenvalue weighted by Gasteiger charge is 2.13. The summed E-state index contributed by atoms with van der Waals surface area (Å²) in [6.07, 6.45) is 1.70. The summed E-state index contributed by atoms with van der Waals surface area (Å²) < 4.78 is 5.82. The van der Waals surface area contributed by atoms with Crippen molar-refractivity contribution in [1.82, 2.24) is 10.3 Å². The zero-order valence-corrected chi connectivity index (χ0v) is 12.9. The molecule has 3 nitrogen and oxygen atoms in total. The fraction of sp³-hybridized carbons (Fsp3) is 0.267. The molecule has 0 amide bonds. The van der Waals surface area contributed by atoms with Crippen LogP contribution in [0, 0.1) is 0 Å². The first-order chi connectivity index (χ1) is 9.61. The van der Waals surface area contributed by atoms with Gasteiger partial charge in [-0.25, -0.2) is 4.98 Å². The second-order valence-electron chi connectivity index (χ2n) is 4.35. The average Bonchev–Trinajstić information content (AvgIpc) is 2.43.